The van der Waals surface area contributed by atoms with E-state index < -0.39 is 0 Å². The number of anilines is 1. The van der Waals surface area contributed by atoms with Crippen LogP contribution in [0.3, 0.4) is 0 Å². The minimum atomic E-state index is 0.234. The molecule has 1 aromatic carbocycles. The van der Waals surface area contributed by atoms with Crippen molar-refractivity contribution < 1.29 is 0 Å². The van der Waals surface area contributed by atoms with Gasteiger partial charge in [0.05, 0.1) is 5.69 Å². The van der Waals surface area contributed by atoms with Gasteiger partial charge in [0, 0.05) is 15.8 Å². The van der Waals surface area contributed by atoms with Gasteiger partial charge in [-0.15, -0.1) is 11.3 Å². The van der Waals surface area contributed by atoms with Crippen LogP contribution in [0.4, 0.5) is 5.13 Å². The second-order valence-electron chi connectivity index (χ2n) is 4.20. The Bertz CT molecular complexity index is 548. The molecule has 0 aliphatic heterocycles. The Morgan fingerprint density at radius 1 is 1.35 bits per heavy atom. The molecule has 1 atom stereocenters. The fourth-order valence-electron chi connectivity index (χ4n) is 1.98. The van der Waals surface area contributed by atoms with Crippen LogP contribution in [0.1, 0.15) is 34.5 Å². The number of nitrogens with zero attached hydrogens (tertiary/aromatic N) is 1. The van der Waals surface area contributed by atoms with Gasteiger partial charge in [-0.05, 0) is 25.0 Å². The summed E-state index contributed by atoms with van der Waals surface area (Å²) in [5.41, 5.74) is 8.98. The van der Waals surface area contributed by atoms with Gasteiger partial charge in [-0.2, -0.15) is 0 Å². The Morgan fingerprint density at radius 3 is 2.65 bits per heavy atom. The van der Waals surface area contributed by atoms with Crippen LogP contribution >= 0.6 is 22.9 Å². The summed E-state index contributed by atoms with van der Waals surface area (Å²) >= 11 is 7.89. The van der Waals surface area contributed by atoms with Crippen LogP contribution in [-0.4, -0.2) is 4.98 Å². The number of hydrogen-bond donors (Lipinski definition) is 1. The van der Waals surface area contributed by atoms with Gasteiger partial charge in [0.15, 0.2) is 5.13 Å². The van der Waals surface area contributed by atoms with E-state index in [4.69, 9.17) is 17.3 Å². The summed E-state index contributed by atoms with van der Waals surface area (Å²) in [6, 6.07) is 6.12. The van der Waals surface area contributed by atoms with E-state index in [1.165, 1.54) is 16.2 Å². The fourth-order valence-corrected chi connectivity index (χ4v) is 3.17. The van der Waals surface area contributed by atoms with E-state index in [1.54, 1.807) is 0 Å². The third-order valence-electron chi connectivity index (χ3n) is 2.93. The fraction of sp³-hybridized carbons (Fsp3) is 0.308. The first kappa shape index (κ1) is 12.4. The average Bonchev–Trinajstić information content (AvgIpc) is 2.61. The minimum Gasteiger partial charge on any atom is -0.375 e. The highest BCUT2D eigenvalue weighted by Crippen LogP contribution is 2.36. The Kier molecular flexibility index (Phi) is 3.40. The summed E-state index contributed by atoms with van der Waals surface area (Å²) in [5.74, 6) is 0.234. The summed E-state index contributed by atoms with van der Waals surface area (Å²) in [6.45, 7) is 6.15. The molecule has 17 heavy (non-hydrogen) atoms. The Balaban J connectivity index is 2.47. The van der Waals surface area contributed by atoms with Crippen molar-refractivity contribution in [3.8, 4) is 0 Å². The number of aryl methyl sites for hydroxylation is 2. The van der Waals surface area contributed by atoms with Crippen molar-refractivity contribution in [1.82, 2.24) is 4.98 Å². The van der Waals surface area contributed by atoms with E-state index in [0.717, 1.165) is 21.8 Å². The largest absolute Gasteiger partial charge is 0.375 e. The normalized spacial score (nSPS) is 12.7. The van der Waals surface area contributed by atoms with Crippen molar-refractivity contribution in [2.24, 2.45) is 0 Å². The van der Waals surface area contributed by atoms with E-state index in [-0.39, 0.29) is 5.92 Å². The third kappa shape index (κ3) is 2.31. The standard InChI is InChI=1S/C13H15ClN2S/c1-7-5-4-6-10(11(7)14)8(2)12-9(3)16-13(15)17-12/h4-6,8H,1-3H3,(H2,15,16). The molecular weight excluding hydrogens is 252 g/mol. The highest BCUT2D eigenvalue weighted by atomic mass is 35.5. The summed E-state index contributed by atoms with van der Waals surface area (Å²) < 4.78 is 0. The van der Waals surface area contributed by atoms with Crippen LogP contribution in [-0.2, 0) is 0 Å². The highest BCUT2D eigenvalue weighted by Gasteiger charge is 2.18. The van der Waals surface area contributed by atoms with Gasteiger partial charge in [-0.1, -0.05) is 36.7 Å². The van der Waals surface area contributed by atoms with Crippen LogP contribution in [0.15, 0.2) is 18.2 Å². The van der Waals surface area contributed by atoms with Gasteiger partial charge >= 0.3 is 0 Å². The van der Waals surface area contributed by atoms with Gasteiger partial charge < -0.3 is 5.73 Å². The van der Waals surface area contributed by atoms with Crippen molar-refractivity contribution in [1.29, 1.82) is 0 Å². The molecule has 0 aliphatic rings. The van der Waals surface area contributed by atoms with Crippen LogP contribution in [0.25, 0.3) is 0 Å². The number of rotatable bonds is 2. The molecule has 2 rings (SSSR count). The molecule has 2 aromatic rings. The molecule has 0 bridgehead atoms. The van der Waals surface area contributed by atoms with Crippen LogP contribution < -0.4 is 5.73 Å². The van der Waals surface area contributed by atoms with Crippen LogP contribution in [0.5, 0.6) is 0 Å². The predicted octanol–water partition coefficient (Wildman–Crippen LogP) is 4.15. The number of hydrogen-bond acceptors (Lipinski definition) is 3. The Morgan fingerprint density at radius 2 is 2.06 bits per heavy atom. The Labute approximate surface area is 110 Å². The number of nitrogens with two attached hydrogens (primary N) is 1. The lowest BCUT2D eigenvalue weighted by molar-refractivity contribution is 0.925. The maximum Gasteiger partial charge on any atom is 0.180 e. The van der Waals surface area contributed by atoms with E-state index in [2.05, 4.69) is 18.0 Å². The molecule has 0 amide bonds. The van der Waals surface area contributed by atoms with Gasteiger partial charge in [0.1, 0.15) is 0 Å². The first-order valence-corrected chi connectivity index (χ1v) is 6.68. The van der Waals surface area contributed by atoms with E-state index in [0.29, 0.717) is 5.13 Å². The monoisotopic (exact) mass is 266 g/mol. The summed E-state index contributed by atoms with van der Waals surface area (Å²) in [5, 5.41) is 1.46. The third-order valence-corrected chi connectivity index (χ3v) is 4.62. The highest BCUT2D eigenvalue weighted by molar-refractivity contribution is 7.15. The van der Waals surface area contributed by atoms with E-state index >= 15 is 0 Å². The molecule has 1 aromatic heterocycles. The van der Waals surface area contributed by atoms with Crippen LogP contribution in [0, 0.1) is 13.8 Å². The number of nitrogen functional groups attached to an aromatic ring is 1. The van der Waals surface area contributed by atoms with Crippen molar-refractivity contribution >= 4 is 28.1 Å². The smallest absolute Gasteiger partial charge is 0.180 e. The average molecular weight is 267 g/mol. The molecule has 90 valence electrons. The van der Waals surface area contributed by atoms with E-state index in [1.807, 2.05) is 26.0 Å². The molecule has 1 heterocycles. The predicted molar refractivity (Wildman–Crippen MR) is 75.0 cm³/mol. The van der Waals surface area contributed by atoms with Crippen molar-refractivity contribution in [3.05, 3.63) is 44.9 Å². The topological polar surface area (TPSA) is 38.9 Å². The molecular formula is C13H15ClN2S. The molecule has 1 unspecified atom stereocenters. The molecule has 0 saturated heterocycles. The van der Waals surface area contributed by atoms with Gasteiger partial charge in [0.2, 0.25) is 0 Å². The molecule has 0 saturated carbocycles. The zero-order chi connectivity index (χ0) is 12.6. The quantitative estimate of drug-likeness (QED) is 0.887. The first-order chi connectivity index (χ1) is 8.00. The lowest BCUT2D eigenvalue weighted by atomic mass is 9.97. The van der Waals surface area contributed by atoms with Crippen molar-refractivity contribution in [2.45, 2.75) is 26.7 Å². The van der Waals surface area contributed by atoms with E-state index in [9.17, 15) is 0 Å². The minimum absolute atomic E-state index is 0.234. The molecule has 0 fully saturated rings. The SMILES string of the molecule is Cc1cccc(C(C)c2sc(N)nc2C)c1Cl. The maximum absolute atomic E-state index is 6.35. The summed E-state index contributed by atoms with van der Waals surface area (Å²) in [7, 11) is 0. The van der Waals surface area contributed by atoms with Gasteiger partial charge in [0.25, 0.3) is 0 Å². The zero-order valence-corrected chi connectivity index (χ0v) is 11.7. The van der Waals surface area contributed by atoms with Crippen LogP contribution in [0.2, 0.25) is 5.02 Å². The molecule has 2 nitrogen and oxygen atoms in total. The molecule has 0 radical (unpaired) electrons. The van der Waals surface area contributed by atoms with Gasteiger partial charge in [-0.3, -0.25) is 0 Å². The lowest BCUT2D eigenvalue weighted by Crippen LogP contribution is -1.97. The summed E-state index contributed by atoms with van der Waals surface area (Å²) in [6.07, 6.45) is 0. The second-order valence-corrected chi connectivity index (χ2v) is 5.64. The van der Waals surface area contributed by atoms with Crippen molar-refractivity contribution in [2.75, 3.05) is 5.73 Å². The zero-order valence-electron chi connectivity index (χ0n) is 10.1. The number of benzene rings is 1. The van der Waals surface area contributed by atoms with Gasteiger partial charge in [-0.25, -0.2) is 4.98 Å². The summed E-state index contributed by atoms with van der Waals surface area (Å²) in [4.78, 5) is 5.45. The number of thiazole rings is 1. The first-order valence-electron chi connectivity index (χ1n) is 5.48. The second kappa shape index (κ2) is 4.67. The lowest BCUT2D eigenvalue weighted by Gasteiger charge is -2.14. The molecule has 2 N–H and O–H groups in total. The molecule has 0 spiro atoms. The number of aromatic nitrogens is 1. The molecule has 0 aliphatic carbocycles. The maximum atomic E-state index is 6.35. The molecule has 4 heteroatoms. The van der Waals surface area contributed by atoms with Crippen molar-refractivity contribution in [3.63, 3.8) is 0 Å². The Hall–Kier alpha value is -1.06. The number of halogens is 1.